The molecule has 6 atom stereocenters. The Kier molecular flexibility index (Phi) is 8.82. The van der Waals surface area contributed by atoms with E-state index < -0.39 is 0 Å². The van der Waals surface area contributed by atoms with E-state index in [1.807, 2.05) is 70.7 Å². The van der Waals surface area contributed by atoms with Crippen LogP contribution in [0.2, 0.25) is 0 Å². The molecule has 10 nitrogen and oxygen atoms in total. The molecule has 2 saturated carbocycles. The molecule has 2 aromatic carbocycles. The number of likely N-dealkylation sites (tertiary alicyclic amines) is 2. The van der Waals surface area contributed by atoms with Crippen molar-refractivity contribution in [3.8, 4) is 34.5 Å². The van der Waals surface area contributed by atoms with Crippen molar-refractivity contribution in [1.82, 2.24) is 29.7 Å². The maximum atomic E-state index is 12.9. The Balaban J connectivity index is 0.886. The number of carbonyl (C=O) groups excluding carboxylic acids is 2. The number of piperidine rings is 2. The van der Waals surface area contributed by atoms with Crippen LogP contribution in [0.4, 0.5) is 9.59 Å². The van der Waals surface area contributed by atoms with E-state index in [1.165, 1.54) is 0 Å². The van der Waals surface area contributed by atoms with Crippen LogP contribution in [0.1, 0.15) is 99.9 Å². The fourth-order valence-electron chi connectivity index (χ4n) is 7.61. The Bertz CT molecular complexity index is 1770. The van der Waals surface area contributed by atoms with Gasteiger partial charge in [-0.25, -0.2) is 19.6 Å². The van der Waals surface area contributed by atoms with Crippen LogP contribution < -0.4 is 0 Å². The smallest absolute Gasteiger partial charge is 0.410 e. The van der Waals surface area contributed by atoms with E-state index in [4.69, 9.17) is 9.47 Å². The number of unbranched alkanes of at least 4 members (excludes halogenated alkanes) is 2. The number of fused-ring (bicyclic) bond motifs is 2. The summed E-state index contributed by atoms with van der Waals surface area (Å²) in [5, 5.41) is 0. The van der Waals surface area contributed by atoms with Crippen LogP contribution in [0.3, 0.4) is 0 Å². The highest BCUT2D eigenvalue weighted by Crippen LogP contribution is 2.54. The number of hydrogen-bond donors (Lipinski definition) is 2. The number of benzene rings is 2. The largest absolute Gasteiger partial charge is 0.449 e. The Morgan fingerprint density at radius 1 is 0.720 bits per heavy atom. The van der Waals surface area contributed by atoms with E-state index in [0.717, 1.165) is 96.7 Å². The number of hydrogen-bond acceptors (Lipinski definition) is 6. The number of aromatic nitrogens is 4. The summed E-state index contributed by atoms with van der Waals surface area (Å²) >= 11 is 0. The average molecular weight is 673 g/mol. The average Bonchev–Trinajstić information content (AvgIpc) is 3.72. The van der Waals surface area contributed by atoms with Crippen LogP contribution in [-0.4, -0.2) is 67.2 Å². The number of nitrogens with one attached hydrogen (secondary N) is 2. The zero-order valence-corrected chi connectivity index (χ0v) is 28.7. The van der Waals surface area contributed by atoms with Crippen LogP contribution in [0.5, 0.6) is 0 Å². The van der Waals surface area contributed by atoms with Gasteiger partial charge < -0.3 is 19.4 Å². The summed E-state index contributed by atoms with van der Waals surface area (Å²) in [7, 11) is 0. The van der Waals surface area contributed by atoms with E-state index in [1.54, 1.807) is 0 Å². The van der Waals surface area contributed by atoms with Crippen molar-refractivity contribution in [1.29, 1.82) is 0 Å². The van der Waals surface area contributed by atoms with Crippen LogP contribution in [0.25, 0.3) is 22.6 Å². The van der Waals surface area contributed by atoms with Crippen molar-refractivity contribution >= 4 is 12.2 Å². The number of ether oxygens (including phenoxy) is 2. The zero-order chi connectivity index (χ0) is 34.2. The summed E-state index contributed by atoms with van der Waals surface area (Å²) < 4.78 is 11.1. The zero-order valence-electron chi connectivity index (χ0n) is 28.7. The topological polar surface area (TPSA) is 116 Å². The van der Waals surface area contributed by atoms with Gasteiger partial charge in [0.1, 0.15) is 11.6 Å². The summed E-state index contributed by atoms with van der Waals surface area (Å²) in [5.41, 5.74) is 5.68. The van der Waals surface area contributed by atoms with Crippen LogP contribution >= 0.6 is 0 Å². The number of amides is 2. The molecule has 2 saturated heterocycles. The Morgan fingerprint density at radius 2 is 1.28 bits per heavy atom. The maximum absolute atomic E-state index is 12.9. The van der Waals surface area contributed by atoms with Crippen molar-refractivity contribution < 1.29 is 19.1 Å². The van der Waals surface area contributed by atoms with Crippen molar-refractivity contribution in [2.75, 3.05) is 13.2 Å². The molecule has 0 spiro atoms. The molecule has 0 bridgehead atoms. The van der Waals surface area contributed by atoms with Gasteiger partial charge in [0.05, 0.1) is 49.1 Å². The van der Waals surface area contributed by atoms with Gasteiger partial charge >= 0.3 is 12.2 Å². The van der Waals surface area contributed by atoms with E-state index in [-0.39, 0.29) is 30.3 Å². The minimum Gasteiger partial charge on any atom is -0.449 e. The normalized spacial score (nSPS) is 24.3. The first-order valence-electron chi connectivity index (χ1n) is 18.2. The standard InChI is InChI=1S/C40H44N6O4/c1-3-5-17-49-39(47)45-33-19-29(33)21-35(45)32-24-41-37(44-32)28-15-11-26(12-16-28)8-7-25-9-13-27(14-10-25)31-23-42-38(43-31)36-22-30-20-34(30)46(36)40(48)50-18-6-4-2/h9-16,23-24,29-30,33-36H,3-6,17-22H2,1-2H3,(H,41,44)(H,42,43)/t29?,30?,33?,34?,35-,36-/m0/s1. The summed E-state index contributed by atoms with van der Waals surface area (Å²) in [6, 6.07) is 16.6. The molecule has 2 aliphatic carbocycles. The quantitative estimate of drug-likeness (QED) is 0.130. The third kappa shape index (κ3) is 6.49. The Morgan fingerprint density at radius 3 is 1.88 bits per heavy atom. The highest BCUT2D eigenvalue weighted by molar-refractivity contribution is 5.71. The van der Waals surface area contributed by atoms with Gasteiger partial charge in [-0.3, -0.25) is 9.80 Å². The van der Waals surface area contributed by atoms with Crippen LogP contribution in [0, 0.1) is 23.7 Å². The number of carbonyl (C=O) groups is 2. The molecule has 50 heavy (non-hydrogen) atoms. The van der Waals surface area contributed by atoms with Gasteiger partial charge in [0.25, 0.3) is 0 Å². The second-order valence-electron chi connectivity index (χ2n) is 14.2. The molecule has 2 aromatic heterocycles. The molecule has 0 radical (unpaired) electrons. The molecule has 2 amide bonds. The van der Waals surface area contributed by atoms with Gasteiger partial charge in [-0.15, -0.1) is 0 Å². The van der Waals surface area contributed by atoms with Crippen molar-refractivity contribution in [3.63, 3.8) is 0 Å². The highest BCUT2D eigenvalue weighted by atomic mass is 16.6. The molecule has 4 heterocycles. The van der Waals surface area contributed by atoms with Crippen LogP contribution in [-0.2, 0) is 9.47 Å². The predicted octanol–water partition coefficient (Wildman–Crippen LogP) is 8.01. The lowest BCUT2D eigenvalue weighted by Gasteiger charge is -2.26. The van der Waals surface area contributed by atoms with Crippen molar-refractivity contribution in [3.05, 3.63) is 83.6 Å². The third-order valence-corrected chi connectivity index (χ3v) is 10.6. The van der Waals surface area contributed by atoms with Gasteiger partial charge in [0.2, 0.25) is 0 Å². The minimum atomic E-state index is -0.219. The monoisotopic (exact) mass is 672 g/mol. The maximum Gasteiger partial charge on any atom is 0.410 e. The van der Waals surface area contributed by atoms with Gasteiger partial charge in [-0.2, -0.15) is 0 Å². The number of aromatic amines is 2. The molecular formula is C40H44N6O4. The summed E-state index contributed by atoms with van der Waals surface area (Å²) in [6.45, 7) is 5.12. The molecule has 4 unspecified atom stereocenters. The lowest BCUT2D eigenvalue weighted by atomic mass is 10.1. The molecule has 2 aliphatic heterocycles. The van der Waals surface area contributed by atoms with Crippen LogP contribution in [0.15, 0.2) is 60.9 Å². The predicted molar refractivity (Wildman–Crippen MR) is 189 cm³/mol. The molecule has 2 N–H and O–H groups in total. The van der Waals surface area contributed by atoms with E-state index in [9.17, 15) is 9.59 Å². The first-order chi connectivity index (χ1) is 24.5. The summed E-state index contributed by atoms with van der Waals surface area (Å²) in [5.74, 6) is 9.25. The fourth-order valence-corrected chi connectivity index (χ4v) is 7.61. The summed E-state index contributed by atoms with van der Waals surface area (Å²) in [4.78, 5) is 45.8. The molecular weight excluding hydrogens is 628 g/mol. The number of rotatable bonds is 10. The van der Waals surface area contributed by atoms with Crippen molar-refractivity contribution in [2.24, 2.45) is 11.8 Å². The van der Waals surface area contributed by atoms with Gasteiger partial charge in [0.15, 0.2) is 0 Å². The SMILES string of the molecule is CCCCOC(=O)N1C2CC2C[C@H]1c1cnc(-c2ccc(C#Cc3ccc(-c4cnc([C@@H]5CC6CC6N5C(=O)OCCCC)[nH]4)cc3)cc2)[nH]1. The molecule has 10 heteroatoms. The molecule has 4 aliphatic rings. The van der Waals surface area contributed by atoms with Gasteiger partial charge in [0, 0.05) is 28.8 Å². The number of nitrogens with zero attached hydrogens (tertiary/aromatic N) is 4. The lowest BCUT2D eigenvalue weighted by molar-refractivity contribution is 0.0874. The second kappa shape index (κ2) is 13.7. The Hall–Kier alpha value is -5.04. The second-order valence-corrected chi connectivity index (χ2v) is 14.2. The highest BCUT2D eigenvalue weighted by Gasteiger charge is 2.56. The fraction of sp³-hybridized carbons (Fsp3) is 0.450. The molecule has 258 valence electrons. The third-order valence-electron chi connectivity index (χ3n) is 10.6. The summed E-state index contributed by atoms with van der Waals surface area (Å²) in [6.07, 6.45) is 11.0. The first kappa shape index (κ1) is 32.2. The van der Waals surface area contributed by atoms with E-state index in [2.05, 4.69) is 45.6 Å². The molecule has 4 fully saturated rings. The molecule has 8 rings (SSSR count). The molecule has 4 aromatic rings. The lowest BCUT2D eigenvalue weighted by Crippen LogP contribution is -2.34. The van der Waals surface area contributed by atoms with Gasteiger partial charge in [-0.1, -0.05) is 62.8 Å². The van der Waals surface area contributed by atoms with E-state index in [0.29, 0.717) is 31.1 Å². The Labute approximate surface area is 293 Å². The minimum absolute atomic E-state index is 0.0185. The number of imidazole rings is 2. The van der Waals surface area contributed by atoms with E-state index >= 15 is 0 Å². The van der Waals surface area contributed by atoms with Crippen molar-refractivity contribution in [2.45, 2.75) is 89.4 Å². The number of H-pyrrole nitrogens is 2. The van der Waals surface area contributed by atoms with Gasteiger partial charge in [-0.05, 0) is 80.2 Å². The first-order valence-corrected chi connectivity index (χ1v) is 18.2.